The average molecular weight is 284 g/mol. The smallest absolute Gasteiger partial charge is 0.383 e. The minimum atomic E-state index is -4.76. The lowest BCUT2D eigenvalue weighted by Crippen LogP contribution is -2.10. The summed E-state index contributed by atoms with van der Waals surface area (Å²) in [7, 11) is 0. The highest BCUT2D eigenvalue weighted by Crippen LogP contribution is 2.33. The molecule has 1 aromatic carbocycles. The normalized spacial score (nSPS) is 11.3. The van der Waals surface area contributed by atoms with Gasteiger partial charge in [-0.2, -0.15) is 23.5 Å². The Morgan fingerprint density at radius 2 is 1.85 bits per heavy atom. The number of nitrogen functional groups attached to an aromatic ring is 1. The van der Waals surface area contributed by atoms with Crippen molar-refractivity contribution < 1.29 is 17.6 Å². The SMILES string of the molecule is N#Cc1c(C(F)(F)F)nn(Cc2ccc(F)cc2)c1N. The van der Waals surface area contributed by atoms with Gasteiger partial charge in [0.25, 0.3) is 0 Å². The van der Waals surface area contributed by atoms with Gasteiger partial charge in [-0.25, -0.2) is 9.07 Å². The minimum Gasteiger partial charge on any atom is -0.383 e. The van der Waals surface area contributed by atoms with Crippen molar-refractivity contribution in [3.8, 4) is 6.07 Å². The predicted octanol–water partition coefficient (Wildman–Crippen LogP) is 2.54. The van der Waals surface area contributed by atoms with E-state index >= 15 is 0 Å². The van der Waals surface area contributed by atoms with E-state index in [9.17, 15) is 17.6 Å². The van der Waals surface area contributed by atoms with Crippen molar-refractivity contribution in [2.24, 2.45) is 0 Å². The second-order valence-electron chi connectivity index (χ2n) is 4.00. The van der Waals surface area contributed by atoms with Crippen LogP contribution in [0, 0.1) is 17.1 Å². The number of hydrogen-bond acceptors (Lipinski definition) is 3. The Hall–Kier alpha value is -2.56. The van der Waals surface area contributed by atoms with Gasteiger partial charge in [0.05, 0.1) is 6.54 Å². The van der Waals surface area contributed by atoms with Crippen LogP contribution in [0.3, 0.4) is 0 Å². The Morgan fingerprint density at radius 3 is 2.30 bits per heavy atom. The van der Waals surface area contributed by atoms with E-state index < -0.39 is 23.3 Å². The first-order valence-corrected chi connectivity index (χ1v) is 5.41. The number of alkyl halides is 3. The van der Waals surface area contributed by atoms with Gasteiger partial charge in [-0.05, 0) is 17.7 Å². The van der Waals surface area contributed by atoms with Crippen LogP contribution in [0.1, 0.15) is 16.8 Å². The summed E-state index contributed by atoms with van der Waals surface area (Å²) in [6, 6.07) is 6.54. The Labute approximate surface area is 111 Å². The van der Waals surface area contributed by atoms with Gasteiger partial charge in [0.15, 0.2) is 5.69 Å². The van der Waals surface area contributed by atoms with Crippen LogP contribution in [0.4, 0.5) is 23.4 Å². The van der Waals surface area contributed by atoms with Crippen LogP contribution in [0.25, 0.3) is 0 Å². The molecule has 0 fully saturated rings. The number of nitrogens with zero attached hydrogens (tertiary/aromatic N) is 3. The molecule has 0 amide bonds. The summed E-state index contributed by atoms with van der Waals surface area (Å²) in [6.45, 7) is -0.0864. The molecule has 0 aliphatic heterocycles. The monoisotopic (exact) mass is 284 g/mol. The average Bonchev–Trinajstić information content (AvgIpc) is 2.69. The fourth-order valence-electron chi connectivity index (χ4n) is 1.67. The van der Waals surface area contributed by atoms with Crippen LogP contribution in [0.15, 0.2) is 24.3 Å². The number of anilines is 1. The van der Waals surface area contributed by atoms with E-state index in [0.29, 0.717) is 5.56 Å². The Bertz CT molecular complexity index is 664. The molecule has 2 rings (SSSR count). The van der Waals surface area contributed by atoms with Crippen LogP contribution in [-0.2, 0) is 12.7 Å². The maximum Gasteiger partial charge on any atom is 0.436 e. The van der Waals surface area contributed by atoms with Crippen LogP contribution < -0.4 is 5.73 Å². The van der Waals surface area contributed by atoms with E-state index in [-0.39, 0.29) is 12.4 Å². The number of nitrogens with two attached hydrogens (primary N) is 1. The van der Waals surface area contributed by atoms with Gasteiger partial charge in [0.1, 0.15) is 23.3 Å². The molecule has 0 saturated heterocycles. The second kappa shape index (κ2) is 4.85. The molecule has 2 aromatic rings. The summed E-state index contributed by atoms with van der Waals surface area (Å²) < 4.78 is 51.7. The first-order valence-electron chi connectivity index (χ1n) is 5.41. The standard InChI is InChI=1S/C12H8F4N4/c13-8-3-1-7(2-4-8)6-20-11(18)9(5-17)10(19-20)12(14,15)16/h1-4H,6,18H2. The van der Waals surface area contributed by atoms with E-state index in [1.807, 2.05) is 0 Å². The molecule has 104 valence electrons. The van der Waals surface area contributed by atoms with Crippen molar-refractivity contribution in [3.05, 3.63) is 46.9 Å². The first-order chi connectivity index (χ1) is 9.32. The van der Waals surface area contributed by atoms with Gasteiger partial charge in [-0.15, -0.1) is 0 Å². The van der Waals surface area contributed by atoms with Crippen LogP contribution in [0.5, 0.6) is 0 Å². The van der Waals surface area contributed by atoms with E-state index in [0.717, 1.165) is 4.68 Å². The fourth-order valence-corrected chi connectivity index (χ4v) is 1.67. The number of nitriles is 1. The molecule has 0 atom stereocenters. The third-order valence-corrected chi connectivity index (χ3v) is 2.62. The summed E-state index contributed by atoms with van der Waals surface area (Å²) >= 11 is 0. The molecular formula is C12H8F4N4. The maximum absolute atomic E-state index is 12.7. The van der Waals surface area contributed by atoms with E-state index in [2.05, 4.69) is 5.10 Å². The van der Waals surface area contributed by atoms with Gasteiger partial charge >= 0.3 is 6.18 Å². The highest BCUT2D eigenvalue weighted by Gasteiger charge is 2.39. The van der Waals surface area contributed by atoms with Crippen molar-refractivity contribution in [2.75, 3.05) is 5.73 Å². The van der Waals surface area contributed by atoms with Crippen molar-refractivity contribution in [1.82, 2.24) is 9.78 Å². The van der Waals surface area contributed by atoms with Crippen molar-refractivity contribution in [1.29, 1.82) is 5.26 Å². The molecule has 8 heteroatoms. The molecule has 0 aliphatic carbocycles. The largest absolute Gasteiger partial charge is 0.436 e. The molecule has 0 spiro atoms. The third-order valence-electron chi connectivity index (χ3n) is 2.62. The van der Waals surface area contributed by atoms with Gasteiger partial charge in [-0.3, -0.25) is 0 Å². The van der Waals surface area contributed by atoms with Gasteiger partial charge < -0.3 is 5.73 Å². The van der Waals surface area contributed by atoms with E-state index in [1.54, 1.807) is 0 Å². The summed E-state index contributed by atoms with van der Waals surface area (Å²) in [6.07, 6.45) is -4.76. The van der Waals surface area contributed by atoms with Gasteiger partial charge in [0, 0.05) is 0 Å². The lowest BCUT2D eigenvalue weighted by molar-refractivity contribution is -0.141. The zero-order valence-electron chi connectivity index (χ0n) is 9.95. The molecular weight excluding hydrogens is 276 g/mol. The molecule has 0 saturated carbocycles. The zero-order valence-corrected chi connectivity index (χ0v) is 9.95. The number of benzene rings is 1. The molecule has 1 aromatic heterocycles. The molecule has 2 N–H and O–H groups in total. The predicted molar refractivity (Wildman–Crippen MR) is 61.9 cm³/mol. The summed E-state index contributed by atoms with van der Waals surface area (Å²) in [5, 5.41) is 12.1. The number of hydrogen-bond donors (Lipinski definition) is 1. The molecule has 20 heavy (non-hydrogen) atoms. The molecule has 0 aliphatic rings. The van der Waals surface area contributed by atoms with Crippen molar-refractivity contribution in [2.45, 2.75) is 12.7 Å². The first kappa shape index (κ1) is 13.9. The second-order valence-corrected chi connectivity index (χ2v) is 4.00. The molecule has 4 nitrogen and oxygen atoms in total. The summed E-state index contributed by atoms with van der Waals surface area (Å²) in [4.78, 5) is 0. The lowest BCUT2D eigenvalue weighted by Gasteiger charge is -2.04. The molecule has 0 radical (unpaired) electrons. The highest BCUT2D eigenvalue weighted by atomic mass is 19.4. The molecule has 0 unspecified atom stereocenters. The van der Waals surface area contributed by atoms with Gasteiger partial charge in [-0.1, -0.05) is 12.1 Å². The number of aromatic nitrogens is 2. The van der Waals surface area contributed by atoms with E-state index in [4.69, 9.17) is 11.0 Å². The quantitative estimate of drug-likeness (QED) is 0.862. The highest BCUT2D eigenvalue weighted by molar-refractivity contribution is 5.53. The van der Waals surface area contributed by atoms with Crippen LogP contribution in [-0.4, -0.2) is 9.78 Å². The van der Waals surface area contributed by atoms with Crippen molar-refractivity contribution >= 4 is 5.82 Å². The number of halogens is 4. The zero-order chi connectivity index (χ0) is 14.9. The lowest BCUT2D eigenvalue weighted by atomic mass is 10.2. The van der Waals surface area contributed by atoms with Crippen LogP contribution >= 0.6 is 0 Å². The third kappa shape index (κ3) is 2.56. The Kier molecular flexibility index (Phi) is 3.36. The van der Waals surface area contributed by atoms with Crippen LogP contribution in [0.2, 0.25) is 0 Å². The molecule has 0 bridgehead atoms. The van der Waals surface area contributed by atoms with Crippen molar-refractivity contribution in [3.63, 3.8) is 0 Å². The summed E-state index contributed by atoms with van der Waals surface area (Å²) in [5.74, 6) is -0.833. The number of rotatable bonds is 2. The topological polar surface area (TPSA) is 67.6 Å². The summed E-state index contributed by atoms with van der Waals surface area (Å²) in [5.41, 5.74) is 3.98. The Balaban J connectivity index is 2.41. The molecule has 1 heterocycles. The minimum absolute atomic E-state index is 0.0864. The van der Waals surface area contributed by atoms with E-state index in [1.165, 1.54) is 30.3 Å². The van der Waals surface area contributed by atoms with Gasteiger partial charge in [0.2, 0.25) is 0 Å². The maximum atomic E-state index is 12.7. The Morgan fingerprint density at radius 1 is 1.25 bits per heavy atom. The fraction of sp³-hybridized carbons (Fsp3) is 0.167.